The van der Waals surface area contributed by atoms with E-state index in [1.54, 1.807) is 6.20 Å². The third kappa shape index (κ3) is 4.59. The first kappa shape index (κ1) is 21.2. The van der Waals surface area contributed by atoms with Crippen LogP contribution >= 0.6 is 0 Å². The number of nitrogens with one attached hydrogen (secondary N) is 3. The van der Waals surface area contributed by atoms with Crippen molar-refractivity contribution in [3.63, 3.8) is 0 Å². The lowest BCUT2D eigenvalue weighted by Crippen LogP contribution is -2.47. The molecule has 1 fully saturated rings. The minimum atomic E-state index is -0.218. The number of hydrogen-bond acceptors (Lipinski definition) is 4. The van der Waals surface area contributed by atoms with Gasteiger partial charge in [0, 0.05) is 23.3 Å². The van der Waals surface area contributed by atoms with Gasteiger partial charge >= 0.3 is 6.03 Å². The number of benzene rings is 2. The summed E-state index contributed by atoms with van der Waals surface area (Å²) in [6.45, 7) is 1.05. The van der Waals surface area contributed by atoms with Gasteiger partial charge in [0.25, 0.3) is 0 Å². The molecule has 3 N–H and O–H groups in total. The summed E-state index contributed by atoms with van der Waals surface area (Å²) < 4.78 is 0. The molecule has 168 valence electrons. The number of amides is 2. The van der Waals surface area contributed by atoms with Crippen LogP contribution in [0.25, 0.3) is 22.3 Å². The Morgan fingerprint density at radius 1 is 1.09 bits per heavy atom. The van der Waals surface area contributed by atoms with Gasteiger partial charge in [-0.05, 0) is 62.3 Å². The van der Waals surface area contributed by atoms with E-state index >= 15 is 0 Å². The molecule has 7 nitrogen and oxygen atoms in total. The third-order valence-corrected chi connectivity index (χ3v) is 6.39. The van der Waals surface area contributed by atoms with Gasteiger partial charge in [-0.15, -0.1) is 0 Å². The molecule has 1 unspecified atom stereocenters. The fraction of sp³-hybridized carbons (Fsp3) is 0.269. The zero-order valence-electron chi connectivity index (χ0n) is 18.7. The molecule has 2 aromatic carbocycles. The largest absolute Gasteiger partial charge is 0.329 e. The van der Waals surface area contributed by atoms with E-state index in [0.717, 1.165) is 40.8 Å². The van der Waals surface area contributed by atoms with Crippen molar-refractivity contribution in [3.8, 4) is 11.4 Å². The van der Waals surface area contributed by atoms with Crippen LogP contribution in [0.15, 0.2) is 72.9 Å². The molecule has 1 aliphatic heterocycles. The first-order valence-electron chi connectivity index (χ1n) is 11.4. The number of carbonyl (C=O) groups is 1. The van der Waals surface area contributed by atoms with Gasteiger partial charge < -0.3 is 15.5 Å². The normalized spacial score (nSPS) is 17.5. The Balaban J connectivity index is 1.38. The van der Waals surface area contributed by atoms with Crippen molar-refractivity contribution in [2.75, 3.05) is 18.9 Å². The summed E-state index contributed by atoms with van der Waals surface area (Å²) in [6, 6.07) is 21.7. The number of likely N-dealkylation sites (N-methyl/N-ethyl adjacent to an activating group) is 1. The molecule has 4 aromatic rings. The molecular formula is C26H28N6O. The SMILES string of the molecule is CN1CCCC[C@@H]1C(NC(=O)Nc1ccc2[nH]nc(-c3ccccn3)c2c1)c1ccccc1. The van der Waals surface area contributed by atoms with Crippen molar-refractivity contribution < 1.29 is 4.79 Å². The zero-order chi connectivity index (χ0) is 22.6. The summed E-state index contributed by atoms with van der Waals surface area (Å²) in [4.78, 5) is 19.9. The zero-order valence-corrected chi connectivity index (χ0v) is 18.7. The van der Waals surface area contributed by atoms with Crippen LogP contribution in [0, 0.1) is 0 Å². The van der Waals surface area contributed by atoms with Crippen molar-refractivity contribution in [1.29, 1.82) is 0 Å². The second kappa shape index (κ2) is 9.42. The summed E-state index contributed by atoms with van der Waals surface area (Å²) in [5.74, 6) is 0. The van der Waals surface area contributed by atoms with Crippen molar-refractivity contribution in [1.82, 2.24) is 25.4 Å². The van der Waals surface area contributed by atoms with Gasteiger partial charge in [-0.1, -0.05) is 42.8 Å². The van der Waals surface area contributed by atoms with Crippen molar-refractivity contribution in [2.24, 2.45) is 0 Å². The topological polar surface area (TPSA) is 85.9 Å². The van der Waals surface area contributed by atoms with E-state index in [-0.39, 0.29) is 18.1 Å². The summed E-state index contributed by atoms with van der Waals surface area (Å²) >= 11 is 0. The molecule has 1 saturated heterocycles. The Bertz CT molecular complexity index is 1220. The number of pyridine rings is 1. The number of likely N-dealkylation sites (tertiary alicyclic amines) is 1. The number of rotatable bonds is 5. The van der Waals surface area contributed by atoms with Crippen LogP contribution in [0.4, 0.5) is 10.5 Å². The molecule has 7 heteroatoms. The highest BCUT2D eigenvalue weighted by Gasteiger charge is 2.30. The number of aromatic nitrogens is 3. The minimum absolute atomic E-state index is 0.0850. The monoisotopic (exact) mass is 440 g/mol. The highest BCUT2D eigenvalue weighted by atomic mass is 16.2. The lowest BCUT2D eigenvalue weighted by atomic mass is 9.91. The van der Waals surface area contributed by atoms with Crippen LogP contribution in [0.5, 0.6) is 0 Å². The van der Waals surface area contributed by atoms with Gasteiger partial charge in [0.2, 0.25) is 0 Å². The molecule has 2 atom stereocenters. The molecule has 33 heavy (non-hydrogen) atoms. The van der Waals surface area contributed by atoms with E-state index in [2.05, 4.69) is 49.9 Å². The van der Waals surface area contributed by atoms with Crippen LogP contribution in [0.2, 0.25) is 0 Å². The van der Waals surface area contributed by atoms with E-state index in [1.165, 1.54) is 12.8 Å². The lowest BCUT2D eigenvalue weighted by Gasteiger charge is -2.38. The highest BCUT2D eigenvalue weighted by Crippen LogP contribution is 2.29. The average Bonchev–Trinajstić information content (AvgIpc) is 3.27. The molecule has 2 amide bonds. The summed E-state index contributed by atoms with van der Waals surface area (Å²) in [5.41, 5.74) is 4.28. The molecule has 5 rings (SSSR count). The number of H-pyrrole nitrogens is 1. The molecule has 0 radical (unpaired) electrons. The van der Waals surface area contributed by atoms with E-state index in [1.807, 2.05) is 54.6 Å². The second-order valence-electron chi connectivity index (χ2n) is 8.58. The fourth-order valence-corrected chi connectivity index (χ4v) is 4.68. The summed E-state index contributed by atoms with van der Waals surface area (Å²) in [5, 5.41) is 14.7. The van der Waals surface area contributed by atoms with E-state index in [0.29, 0.717) is 5.69 Å². The van der Waals surface area contributed by atoms with Gasteiger partial charge in [-0.3, -0.25) is 10.1 Å². The predicted molar refractivity (Wildman–Crippen MR) is 131 cm³/mol. The molecule has 2 aromatic heterocycles. The Hall–Kier alpha value is -3.71. The van der Waals surface area contributed by atoms with Gasteiger partial charge in [0.05, 0.1) is 17.3 Å². The van der Waals surface area contributed by atoms with Gasteiger partial charge in [-0.25, -0.2) is 4.79 Å². The quantitative estimate of drug-likeness (QED) is 0.409. The lowest BCUT2D eigenvalue weighted by molar-refractivity contribution is 0.147. The molecular weight excluding hydrogens is 412 g/mol. The Morgan fingerprint density at radius 3 is 2.73 bits per heavy atom. The number of urea groups is 1. The number of nitrogens with zero attached hydrogens (tertiary/aromatic N) is 3. The summed E-state index contributed by atoms with van der Waals surface area (Å²) in [6.07, 6.45) is 5.18. The van der Waals surface area contributed by atoms with E-state index in [9.17, 15) is 4.79 Å². The maximum absolute atomic E-state index is 13.1. The maximum Gasteiger partial charge on any atom is 0.319 e. The molecule has 0 saturated carbocycles. The van der Waals surface area contributed by atoms with Crippen LogP contribution in [-0.2, 0) is 0 Å². The van der Waals surface area contributed by atoms with Crippen LogP contribution in [-0.4, -0.2) is 45.7 Å². The smallest absolute Gasteiger partial charge is 0.319 e. The van der Waals surface area contributed by atoms with Gasteiger partial charge in [-0.2, -0.15) is 5.10 Å². The van der Waals surface area contributed by atoms with Gasteiger partial charge in [0.15, 0.2) is 0 Å². The number of hydrogen-bond donors (Lipinski definition) is 3. The van der Waals surface area contributed by atoms with Crippen LogP contribution in [0.3, 0.4) is 0 Å². The number of anilines is 1. The molecule has 0 aliphatic carbocycles. The predicted octanol–water partition coefficient (Wildman–Crippen LogP) is 4.97. The van der Waals surface area contributed by atoms with Crippen molar-refractivity contribution >= 4 is 22.6 Å². The van der Waals surface area contributed by atoms with Crippen molar-refractivity contribution in [3.05, 3.63) is 78.5 Å². The van der Waals surface area contributed by atoms with E-state index in [4.69, 9.17) is 0 Å². The highest BCUT2D eigenvalue weighted by molar-refractivity contribution is 5.97. The molecule has 1 aliphatic rings. The van der Waals surface area contributed by atoms with E-state index < -0.39 is 0 Å². The Labute approximate surface area is 193 Å². The molecule has 3 heterocycles. The number of aromatic amines is 1. The number of carbonyl (C=O) groups excluding carboxylic acids is 1. The molecule has 0 bridgehead atoms. The first-order chi connectivity index (χ1) is 16.2. The Morgan fingerprint density at radius 2 is 1.94 bits per heavy atom. The standard InChI is InChI=1S/C26H28N6O/c1-32-16-8-6-12-23(32)24(18-9-3-2-4-10-18)29-26(33)28-19-13-14-21-20(17-19)25(31-30-21)22-11-5-7-15-27-22/h2-5,7,9-11,13-15,17,23-24H,6,8,12,16H2,1H3,(H,30,31)(H2,28,29,33)/t23-,24?/m1/s1. The maximum atomic E-state index is 13.1. The summed E-state index contributed by atoms with van der Waals surface area (Å²) in [7, 11) is 2.14. The second-order valence-corrected chi connectivity index (χ2v) is 8.58. The minimum Gasteiger partial charge on any atom is -0.329 e. The Kier molecular flexibility index (Phi) is 6.04. The van der Waals surface area contributed by atoms with Crippen LogP contribution in [0.1, 0.15) is 30.9 Å². The number of piperidine rings is 1. The third-order valence-electron chi connectivity index (χ3n) is 6.39. The number of fused-ring (bicyclic) bond motifs is 1. The van der Waals surface area contributed by atoms with Crippen LogP contribution < -0.4 is 10.6 Å². The molecule has 0 spiro atoms. The average molecular weight is 441 g/mol. The van der Waals surface area contributed by atoms with Crippen molar-refractivity contribution in [2.45, 2.75) is 31.3 Å². The fourth-order valence-electron chi connectivity index (χ4n) is 4.68. The van der Waals surface area contributed by atoms with Gasteiger partial charge in [0.1, 0.15) is 5.69 Å². The first-order valence-corrected chi connectivity index (χ1v) is 11.4.